The Balaban J connectivity index is 1.84. The van der Waals surface area contributed by atoms with Gasteiger partial charge in [-0.2, -0.15) is 0 Å². The number of nitrogens with zero attached hydrogens (tertiary/aromatic N) is 3. The summed E-state index contributed by atoms with van der Waals surface area (Å²) in [5, 5.41) is 15.7. The minimum Gasteiger partial charge on any atom is -0.392 e. The highest BCUT2D eigenvalue weighted by Crippen LogP contribution is 2.35. The first-order chi connectivity index (χ1) is 16.3. The summed E-state index contributed by atoms with van der Waals surface area (Å²) in [6, 6.07) is 7.31. The van der Waals surface area contributed by atoms with Gasteiger partial charge in [-0.25, -0.2) is 4.39 Å². The molecule has 0 bridgehead atoms. The Labute approximate surface area is 201 Å². The number of aromatic nitrogens is 2. The second-order valence-electron chi connectivity index (χ2n) is 8.26. The van der Waals surface area contributed by atoms with Crippen LogP contribution in [0.4, 0.5) is 21.6 Å². The average molecular weight is 486 g/mol. The second-order valence-corrected chi connectivity index (χ2v) is 8.69. The van der Waals surface area contributed by atoms with Gasteiger partial charge in [-0.05, 0) is 43.7 Å². The van der Waals surface area contributed by atoms with Crippen LogP contribution in [0.25, 0.3) is 11.1 Å². The predicted molar refractivity (Wildman–Crippen MR) is 131 cm³/mol. The highest BCUT2D eigenvalue weighted by atomic mass is 35.5. The summed E-state index contributed by atoms with van der Waals surface area (Å²) >= 11 is 6.09. The molecule has 1 amide bonds. The number of nitrogens with one attached hydrogen (secondary N) is 2. The fraction of sp³-hybridized carbons (Fsp3) is 0.292. The highest BCUT2D eigenvalue weighted by molar-refractivity contribution is 6.30. The van der Waals surface area contributed by atoms with Crippen LogP contribution in [0.5, 0.6) is 0 Å². The molecule has 4 rings (SSSR count). The van der Waals surface area contributed by atoms with Gasteiger partial charge in [0.15, 0.2) is 0 Å². The molecule has 178 valence electrons. The van der Waals surface area contributed by atoms with Gasteiger partial charge in [-0.3, -0.25) is 19.1 Å². The molecule has 0 fully saturated rings. The molecule has 34 heavy (non-hydrogen) atoms. The van der Waals surface area contributed by atoms with Crippen LogP contribution in [0.1, 0.15) is 23.7 Å². The van der Waals surface area contributed by atoms with E-state index >= 15 is 0 Å². The number of carbonyl (C=O) groups excluding carboxylic acids is 1. The molecule has 1 aromatic carbocycles. The molecule has 3 N–H and O–H groups in total. The summed E-state index contributed by atoms with van der Waals surface area (Å²) in [6.45, 7) is 2.87. The number of amides is 1. The van der Waals surface area contributed by atoms with Crippen LogP contribution >= 0.6 is 11.6 Å². The van der Waals surface area contributed by atoms with Gasteiger partial charge < -0.3 is 20.6 Å². The van der Waals surface area contributed by atoms with Gasteiger partial charge in [0, 0.05) is 49.7 Å². The van der Waals surface area contributed by atoms with Crippen molar-refractivity contribution in [2.24, 2.45) is 0 Å². The summed E-state index contributed by atoms with van der Waals surface area (Å²) in [7, 11) is 1.87. The molecule has 3 heterocycles. The third-order valence-corrected chi connectivity index (χ3v) is 5.84. The smallest absolute Gasteiger partial charge is 0.260 e. The Bertz CT molecular complexity index is 1290. The topological polar surface area (TPSA) is 99.5 Å². The van der Waals surface area contributed by atoms with E-state index in [4.69, 9.17) is 11.6 Å². The maximum atomic E-state index is 14.7. The fourth-order valence-electron chi connectivity index (χ4n) is 4.00. The first-order valence-corrected chi connectivity index (χ1v) is 11.3. The summed E-state index contributed by atoms with van der Waals surface area (Å²) < 4.78 is 16.3. The Morgan fingerprint density at radius 3 is 2.79 bits per heavy atom. The summed E-state index contributed by atoms with van der Waals surface area (Å²) in [5.41, 5.74) is 1.20. The zero-order valence-corrected chi connectivity index (χ0v) is 19.6. The fourth-order valence-corrected chi connectivity index (χ4v) is 4.17. The number of pyridine rings is 2. The van der Waals surface area contributed by atoms with Crippen molar-refractivity contribution in [2.75, 3.05) is 30.4 Å². The summed E-state index contributed by atoms with van der Waals surface area (Å²) in [4.78, 5) is 32.0. The largest absolute Gasteiger partial charge is 0.392 e. The van der Waals surface area contributed by atoms with Crippen LogP contribution in [0.2, 0.25) is 5.02 Å². The second kappa shape index (κ2) is 9.82. The SMILES string of the molecule is C[C@H](O)CNC(=O)c1cnccc1Nc1cc(-c2cc(Cl)ccc2F)c(=O)n2c1N(C)CCC2. The van der Waals surface area contributed by atoms with E-state index in [1.54, 1.807) is 23.6 Å². The van der Waals surface area contributed by atoms with Gasteiger partial charge in [0.2, 0.25) is 0 Å². The number of halogens is 2. The lowest BCUT2D eigenvalue weighted by Crippen LogP contribution is -2.36. The van der Waals surface area contributed by atoms with Crippen LogP contribution in [0.15, 0.2) is 47.5 Å². The molecule has 0 radical (unpaired) electrons. The number of hydrogen-bond acceptors (Lipinski definition) is 6. The number of fused-ring (bicyclic) bond motifs is 1. The predicted octanol–water partition coefficient (Wildman–Crippen LogP) is 3.40. The van der Waals surface area contributed by atoms with Crippen LogP contribution in [-0.4, -0.2) is 46.8 Å². The van der Waals surface area contributed by atoms with Crippen LogP contribution in [0, 0.1) is 5.82 Å². The molecule has 0 spiro atoms. The van der Waals surface area contributed by atoms with Crippen molar-refractivity contribution >= 4 is 34.7 Å². The minimum atomic E-state index is -0.700. The third-order valence-electron chi connectivity index (χ3n) is 5.61. The Hall–Kier alpha value is -3.43. The van der Waals surface area contributed by atoms with Gasteiger partial charge in [-0.15, -0.1) is 0 Å². The Morgan fingerprint density at radius 2 is 2.03 bits per heavy atom. The summed E-state index contributed by atoms with van der Waals surface area (Å²) in [5.74, 6) is -0.332. The molecule has 1 atom stereocenters. The molecule has 0 aliphatic carbocycles. The zero-order chi connectivity index (χ0) is 24.4. The van der Waals surface area contributed by atoms with Crippen molar-refractivity contribution < 1.29 is 14.3 Å². The molecular formula is C24H25ClFN5O3. The van der Waals surface area contributed by atoms with Crippen LogP contribution in [-0.2, 0) is 6.54 Å². The summed E-state index contributed by atoms with van der Waals surface area (Å²) in [6.07, 6.45) is 3.01. The van der Waals surface area contributed by atoms with Gasteiger partial charge in [0.1, 0.15) is 11.6 Å². The average Bonchev–Trinajstić information content (AvgIpc) is 2.81. The molecule has 2 aromatic heterocycles. The molecule has 3 aromatic rings. The first-order valence-electron chi connectivity index (χ1n) is 10.9. The maximum absolute atomic E-state index is 14.7. The molecule has 1 aliphatic heterocycles. The number of aliphatic hydroxyl groups excluding tert-OH is 1. The van der Waals surface area contributed by atoms with Gasteiger partial charge in [0.05, 0.1) is 28.6 Å². The highest BCUT2D eigenvalue weighted by Gasteiger charge is 2.24. The number of benzene rings is 1. The number of hydrogen-bond donors (Lipinski definition) is 3. The number of rotatable bonds is 6. The lowest BCUT2D eigenvalue weighted by Gasteiger charge is -2.32. The van der Waals surface area contributed by atoms with Crippen molar-refractivity contribution in [3.05, 3.63) is 69.5 Å². The van der Waals surface area contributed by atoms with Crippen molar-refractivity contribution in [3.63, 3.8) is 0 Å². The molecule has 10 heteroatoms. The molecule has 0 saturated heterocycles. The van der Waals surface area contributed by atoms with E-state index in [-0.39, 0.29) is 28.8 Å². The van der Waals surface area contributed by atoms with E-state index in [1.807, 2.05) is 11.9 Å². The van der Waals surface area contributed by atoms with Gasteiger partial charge in [0.25, 0.3) is 11.5 Å². The standard InChI is InChI=1S/C24H25ClFN5O3/c1-14(32)12-28-22(33)18-13-27-7-6-20(18)29-21-11-17(16-10-15(25)4-5-19(16)26)24(34)31-9-3-8-30(2)23(21)31/h4-7,10-11,13-14,32H,3,8-9,12H2,1-2H3,(H,27,29)(H,28,33)/t14-/m0/s1. The monoisotopic (exact) mass is 485 g/mol. The Kier molecular flexibility index (Phi) is 6.85. The molecule has 0 saturated carbocycles. The van der Waals surface area contributed by atoms with Gasteiger partial charge >= 0.3 is 0 Å². The molecule has 1 aliphatic rings. The van der Waals surface area contributed by atoms with E-state index in [0.29, 0.717) is 28.8 Å². The lowest BCUT2D eigenvalue weighted by atomic mass is 10.0. The zero-order valence-electron chi connectivity index (χ0n) is 18.8. The minimum absolute atomic E-state index is 0.0875. The quantitative estimate of drug-likeness (QED) is 0.495. The first kappa shape index (κ1) is 23.7. The van der Waals surface area contributed by atoms with E-state index < -0.39 is 17.8 Å². The van der Waals surface area contributed by atoms with E-state index in [9.17, 15) is 19.1 Å². The number of anilines is 3. The van der Waals surface area contributed by atoms with Crippen molar-refractivity contribution in [1.82, 2.24) is 14.9 Å². The Morgan fingerprint density at radius 1 is 1.24 bits per heavy atom. The van der Waals surface area contributed by atoms with Crippen LogP contribution < -0.4 is 21.1 Å². The van der Waals surface area contributed by atoms with Gasteiger partial charge in [-0.1, -0.05) is 11.6 Å². The normalized spacial score (nSPS) is 13.9. The molecular weight excluding hydrogens is 461 g/mol. The van der Waals surface area contributed by atoms with Crippen molar-refractivity contribution in [3.8, 4) is 11.1 Å². The molecule has 0 unspecified atom stereocenters. The maximum Gasteiger partial charge on any atom is 0.260 e. The van der Waals surface area contributed by atoms with Crippen molar-refractivity contribution in [2.45, 2.75) is 26.0 Å². The number of carbonyl (C=O) groups is 1. The van der Waals surface area contributed by atoms with E-state index in [2.05, 4.69) is 15.6 Å². The molecule has 8 nitrogen and oxygen atoms in total. The van der Waals surface area contributed by atoms with Crippen LogP contribution in [0.3, 0.4) is 0 Å². The number of aliphatic hydroxyl groups is 1. The van der Waals surface area contributed by atoms with E-state index in [1.165, 1.54) is 30.6 Å². The lowest BCUT2D eigenvalue weighted by molar-refractivity contribution is 0.0924. The van der Waals surface area contributed by atoms with Crippen molar-refractivity contribution in [1.29, 1.82) is 0 Å². The third kappa shape index (κ3) is 4.76. The van der Waals surface area contributed by atoms with E-state index in [0.717, 1.165) is 13.0 Å².